The summed E-state index contributed by atoms with van der Waals surface area (Å²) in [6.07, 6.45) is 0. The third-order valence-corrected chi connectivity index (χ3v) is 2.56. The summed E-state index contributed by atoms with van der Waals surface area (Å²) in [6.45, 7) is 7.62. The average Bonchev–Trinajstić information content (AvgIpc) is 2.36. The van der Waals surface area contributed by atoms with Crippen molar-refractivity contribution in [3.05, 3.63) is 17.8 Å². The molecule has 0 saturated heterocycles. The second-order valence-electron chi connectivity index (χ2n) is 3.57. The molecule has 0 unspecified atom stereocenters. The van der Waals surface area contributed by atoms with E-state index in [2.05, 4.69) is 23.7 Å². The van der Waals surface area contributed by atoms with Crippen LogP contribution >= 0.6 is 0 Å². The fourth-order valence-corrected chi connectivity index (χ4v) is 1.44. The number of likely N-dealkylation sites (N-methyl/N-ethyl adjacent to an activating group) is 1. The Morgan fingerprint density at radius 2 is 2.12 bits per heavy atom. The molecule has 0 fully saturated rings. The number of nitrogens with two attached hydrogens (primary N) is 1. The molecular formula is C12H18N4O. The number of pyridine rings is 1. The molecule has 0 aliphatic heterocycles. The van der Waals surface area contributed by atoms with Gasteiger partial charge in [-0.2, -0.15) is 5.26 Å². The topological polar surface area (TPSA) is 75.2 Å². The van der Waals surface area contributed by atoms with E-state index < -0.39 is 0 Å². The highest BCUT2D eigenvalue weighted by molar-refractivity contribution is 5.50. The molecule has 0 atom stereocenters. The van der Waals surface area contributed by atoms with Crippen LogP contribution in [0.5, 0.6) is 5.88 Å². The first-order valence-corrected chi connectivity index (χ1v) is 5.73. The summed E-state index contributed by atoms with van der Waals surface area (Å²) < 4.78 is 5.48. The van der Waals surface area contributed by atoms with Crippen LogP contribution in [0, 0.1) is 11.3 Å². The smallest absolute Gasteiger partial charge is 0.214 e. The third-order valence-electron chi connectivity index (χ3n) is 2.56. The van der Waals surface area contributed by atoms with E-state index in [1.165, 1.54) is 0 Å². The van der Waals surface area contributed by atoms with E-state index in [9.17, 15) is 0 Å². The lowest BCUT2D eigenvalue weighted by atomic mass is 10.3. The minimum absolute atomic E-state index is 0.213. The molecule has 5 heteroatoms. The van der Waals surface area contributed by atoms with Crippen molar-refractivity contribution in [3.8, 4) is 11.9 Å². The Morgan fingerprint density at radius 3 is 2.71 bits per heavy atom. The second kappa shape index (κ2) is 6.71. The van der Waals surface area contributed by atoms with Gasteiger partial charge in [-0.25, -0.2) is 4.98 Å². The summed E-state index contributed by atoms with van der Waals surface area (Å²) in [5, 5.41) is 8.78. The van der Waals surface area contributed by atoms with Gasteiger partial charge in [0.25, 0.3) is 0 Å². The van der Waals surface area contributed by atoms with Gasteiger partial charge in [-0.15, -0.1) is 0 Å². The maximum atomic E-state index is 8.78. The zero-order chi connectivity index (χ0) is 12.7. The number of aromatic nitrogens is 1. The molecule has 5 nitrogen and oxygen atoms in total. The van der Waals surface area contributed by atoms with Crippen LogP contribution in [0.15, 0.2) is 12.1 Å². The van der Waals surface area contributed by atoms with Crippen LogP contribution in [0.1, 0.15) is 19.5 Å². The molecule has 92 valence electrons. The molecule has 0 bridgehead atoms. The van der Waals surface area contributed by atoms with Crippen molar-refractivity contribution < 1.29 is 4.74 Å². The summed E-state index contributed by atoms with van der Waals surface area (Å²) in [5.41, 5.74) is 6.16. The Hall–Kier alpha value is -1.80. The number of nitrogen functional groups attached to an aromatic ring is 1. The van der Waals surface area contributed by atoms with Crippen molar-refractivity contribution in [2.75, 3.05) is 32.0 Å². The fraction of sp³-hybridized carbons (Fsp3) is 0.500. The monoisotopic (exact) mass is 234 g/mol. The van der Waals surface area contributed by atoms with Gasteiger partial charge in [0.1, 0.15) is 12.7 Å². The van der Waals surface area contributed by atoms with Gasteiger partial charge in [0, 0.05) is 12.6 Å². The van der Waals surface area contributed by atoms with Gasteiger partial charge in [0.2, 0.25) is 5.88 Å². The second-order valence-corrected chi connectivity index (χ2v) is 3.57. The molecule has 0 aromatic carbocycles. The lowest BCUT2D eigenvalue weighted by Gasteiger charge is -2.17. The largest absolute Gasteiger partial charge is 0.476 e. The molecule has 2 N–H and O–H groups in total. The Balaban J connectivity index is 2.50. The van der Waals surface area contributed by atoms with Gasteiger partial charge in [-0.05, 0) is 19.2 Å². The van der Waals surface area contributed by atoms with Gasteiger partial charge >= 0.3 is 0 Å². The first kappa shape index (κ1) is 13.3. The highest BCUT2D eigenvalue weighted by Crippen LogP contribution is 2.13. The van der Waals surface area contributed by atoms with Crippen LogP contribution in [0.2, 0.25) is 0 Å². The Labute approximate surface area is 102 Å². The Bertz CT molecular complexity index is 396. The predicted molar refractivity (Wildman–Crippen MR) is 66.6 cm³/mol. The van der Waals surface area contributed by atoms with Crippen LogP contribution < -0.4 is 10.5 Å². The maximum Gasteiger partial charge on any atom is 0.214 e. The molecule has 0 aliphatic rings. The summed E-state index contributed by atoms with van der Waals surface area (Å²) in [5.74, 6) is 0.447. The predicted octanol–water partition coefficient (Wildman–Crippen LogP) is 1.26. The van der Waals surface area contributed by atoms with Crippen molar-refractivity contribution in [1.82, 2.24) is 9.88 Å². The minimum atomic E-state index is 0.213. The van der Waals surface area contributed by atoms with E-state index in [0.717, 1.165) is 19.6 Å². The maximum absolute atomic E-state index is 8.78. The van der Waals surface area contributed by atoms with Crippen molar-refractivity contribution in [2.24, 2.45) is 0 Å². The highest BCUT2D eigenvalue weighted by Gasteiger charge is 2.04. The van der Waals surface area contributed by atoms with E-state index in [1.54, 1.807) is 12.1 Å². The first-order valence-electron chi connectivity index (χ1n) is 5.73. The van der Waals surface area contributed by atoms with E-state index in [1.807, 2.05) is 6.07 Å². The molecule has 17 heavy (non-hydrogen) atoms. The van der Waals surface area contributed by atoms with E-state index in [4.69, 9.17) is 15.7 Å². The molecule has 1 aromatic heterocycles. The summed E-state index contributed by atoms with van der Waals surface area (Å²) >= 11 is 0. The van der Waals surface area contributed by atoms with E-state index in [0.29, 0.717) is 18.2 Å². The minimum Gasteiger partial charge on any atom is -0.476 e. The molecule has 0 saturated carbocycles. The summed E-state index contributed by atoms with van der Waals surface area (Å²) in [6, 6.07) is 5.25. The van der Waals surface area contributed by atoms with Gasteiger partial charge in [-0.3, -0.25) is 0 Å². The molecule has 1 rings (SSSR count). The molecule has 1 aromatic rings. The third kappa shape index (κ3) is 3.93. The fourth-order valence-electron chi connectivity index (χ4n) is 1.44. The number of anilines is 1. The molecule has 0 amide bonds. The van der Waals surface area contributed by atoms with E-state index in [-0.39, 0.29) is 5.69 Å². The molecule has 0 spiro atoms. The number of hydrogen-bond donors (Lipinski definition) is 1. The number of nitrogens with zero attached hydrogens (tertiary/aromatic N) is 3. The van der Waals surface area contributed by atoms with Crippen molar-refractivity contribution in [3.63, 3.8) is 0 Å². The Morgan fingerprint density at radius 1 is 1.41 bits per heavy atom. The van der Waals surface area contributed by atoms with Crippen LogP contribution in [-0.2, 0) is 0 Å². The van der Waals surface area contributed by atoms with Gasteiger partial charge in [-0.1, -0.05) is 13.8 Å². The molecular weight excluding hydrogens is 216 g/mol. The van der Waals surface area contributed by atoms with Crippen LogP contribution in [0.3, 0.4) is 0 Å². The first-order chi connectivity index (χ1) is 8.21. The van der Waals surface area contributed by atoms with Gasteiger partial charge in [0.05, 0.1) is 5.69 Å². The lowest BCUT2D eigenvalue weighted by molar-refractivity contribution is 0.218. The average molecular weight is 234 g/mol. The lowest BCUT2D eigenvalue weighted by Crippen LogP contribution is -2.28. The number of ether oxygens (including phenoxy) is 1. The standard InChI is InChI=1S/C12H18N4O/c1-3-16(4-2)7-8-17-12-6-5-10(14)11(9-13)15-12/h5-6H,3-4,7-8,14H2,1-2H3. The SMILES string of the molecule is CCN(CC)CCOc1ccc(N)c(C#N)n1. The molecule has 0 aliphatic carbocycles. The van der Waals surface area contributed by atoms with Crippen molar-refractivity contribution in [1.29, 1.82) is 5.26 Å². The highest BCUT2D eigenvalue weighted by atomic mass is 16.5. The quantitative estimate of drug-likeness (QED) is 0.802. The molecule has 1 heterocycles. The van der Waals surface area contributed by atoms with Crippen LogP contribution in [0.25, 0.3) is 0 Å². The number of rotatable bonds is 6. The van der Waals surface area contributed by atoms with Crippen molar-refractivity contribution >= 4 is 5.69 Å². The van der Waals surface area contributed by atoms with Crippen LogP contribution in [0.4, 0.5) is 5.69 Å². The van der Waals surface area contributed by atoms with Gasteiger partial charge < -0.3 is 15.4 Å². The molecule has 0 radical (unpaired) electrons. The number of hydrogen-bond acceptors (Lipinski definition) is 5. The van der Waals surface area contributed by atoms with E-state index >= 15 is 0 Å². The summed E-state index contributed by atoms with van der Waals surface area (Å²) in [4.78, 5) is 6.26. The normalized spacial score (nSPS) is 10.2. The Kier molecular flexibility index (Phi) is 5.24. The van der Waals surface area contributed by atoms with Crippen LogP contribution in [-0.4, -0.2) is 36.1 Å². The zero-order valence-corrected chi connectivity index (χ0v) is 10.3. The summed E-state index contributed by atoms with van der Waals surface area (Å²) in [7, 11) is 0. The number of nitriles is 1. The van der Waals surface area contributed by atoms with Crippen molar-refractivity contribution in [2.45, 2.75) is 13.8 Å². The van der Waals surface area contributed by atoms with Gasteiger partial charge in [0.15, 0.2) is 5.69 Å². The zero-order valence-electron chi connectivity index (χ0n) is 10.3.